The molecule has 0 unspecified atom stereocenters. The maximum Gasteiger partial charge on any atom is 0.337 e. The number of unbranched alkanes of at least 4 members (excludes halogenated alkanes) is 1. The molecular weight excluding hydrogens is 280 g/mol. The van der Waals surface area contributed by atoms with Crippen molar-refractivity contribution in [2.45, 2.75) is 40.5 Å². The van der Waals surface area contributed by atoms with Crippen LogP contribution >= 0.6 is 0 Å². The molecule has 1 N–H and O–H groups in total. The molecule has 1 aromatic rings. The van der Waals surface area contributed by atoms with E-state index >= 15 is 0 Å². The Kier molecular flexibility index (Phi) is 17.6. The highest BCUT2D eigenvalue weighted by Crippen LogP contribution is 2.07. The van der Waals surface area contributed by atoms with Crippen LogP contribution in [0.5, 0.6) is 0 Å². The predicted octanol–water partition coefficient (Wildman–Crippen LogP) is 4.29. The average Bonchev–Trinajstić information content (AvgIpc) is 2.61. The minimum Gasteiger partial charge on any atom is -0.501 e. The van der Waals surface area contributed by atoms with Gasteiger partial charge < -0.3 is 14.6 Å². The number of benzene rings is 1. The predicted molar refractivity (Wildman–Crippen MR) is 91.8 cm³/mol. The van der Waals surface area contributed by atoms with Crippen LogP contribution in [0.1, 0.15) is 56.5 Å². The molecule has 0 aliphatic rings. The molecule has 0 bridgehead atoms. The number of methoxy groups -OCH3 is 1. The summed E-state index contributed by atoms with van der Waals surface area (Å²) in [5, 5.41) is 8.58. The maximum absolute atomic E-state index is 11.2. The molecule has 0 aromatic heterocycles. The second-order valence-corrected chi connectivity index (χ2v) is 3.72. The van der Waals surface area contributed by atoms with Crippen molar-refractivity contribution in [1.29, 1.82) is 0 Å². The van der Waals surface area contributed by atoms with Crippen LogP contribution in [0, 0.1) is 0 Å². The number of rotatable bonds is 7. The quantitative estimate of drug-likeness (QED) is 0.464. The maximum atomic E-state index is 11.2. The lowest BCUT2D eigenvalue weighted by atomic mass is 10.1. The zero-order valence-electron chi connectivity index (χ0n) is 14.5. The summed E-state index contributed by atoms with van der Waals surface area (Å²) in [6, 6.07) is 7.05. The third-order valence-electron chi connectivity index (χ3n) is 2.36. The highest BCUT2D eigenvalue weighted by molar-refractivity contribution is 5.89. The molecule has 126 valence electrons. The van der Waals surface area contributed by atoms with Crippen LogP contribution in [-0.2, 0) is 9.47 Å². The van der Waals surface area contributed by atoms with Crippen LogP contribution in [0.25, 0.3) is 6.08 Å². The monoisotopic (exact) mass is 310 g/mol. The molecule has 0 saturated heterocycles. The molecule has 4 nitrogen and oxygen atoms in total. The van der Waals surface area contributed by atoms with Gasteiger partial charge in [-0.2, -0.15) is 0 Å². The largest absolute Gasteiger partial charge is 0.501 e. The molecule has 0 aliphatic heterocycles. The van der Waals surface area contributed by atoms with Crippen LogP contribution in [0.3, 0.4) is 0 Å². The summed E-state index contributed by atoms with van der Waals surface area (Å²) in [6.07, 6.45) is 5.02. The minimum absolute atomic E-state index is 0.196. The molecule has 0 fully saturated rings. The van der Waals surface area contributed by atoms with E-state index in [4.69, 9.17) is 9.84 Å². The zero-order chi connectivity index (χ0) is 17.2. The van der Waals surface area contributed by atoms with E-state index in [-0.39, 0.29) is 12.6 Å². The molecular formula is C18H30O4. The van der Waals surface area contributed by atoms with Crippen molar-refractivity contribution in [2.75, 3.05) is 20.3 Å². The molecule has 0 saturated carbocycles. The number of esters is 1. The molecule has 4 heteroatoms. The van der Waals surface area contributed by atoms with E-state index in [1.807, 2.05) is 45.9 Å². The van der Waals surface area contributed by atoms with Gasteiger partial charge in [-0.3, -0.25) is 0 Å². The number of aliphatic hydroxyl groups is 1. The SMILES string of the molecule is CC.CC.COC(=O)c1ccc(/C=C/OCCCCO)cc1. The standard InChI is InChI=1S/C14H18O4.2C2H6/c1-17-14(16)13-6-4-12(5-7-13)8-11-18-10-3-2-9-15;2*1-2/h4-8,11,15H,2-3,9-10H2,1H3;2*1-2H3/b11-8+;;. The van der Waals surface area contributed by atoms with E-state index in [1.165, 1.54) is 7.11 Å². The van der Waals surface area contributed by atoms with Crippen molar-refractivity contribution < 1.29 is 19.4 Å². The van der Waals surface area contributed by atoms with Crippen molar-refractivity contribution in [3.8, 4) is 0 Å². The van der Waals surface area contributed by atoms with Gasteiger partial charge in [-0.25, -0.2) is 4.79 Å². The molecule has 0 spiro atoms. The fraction of sp³-hybridized carbons (Fsp3) is 0.500. The van der Waals surface area contributed by atoms with Crippen molar-refractivity contribution in [3.05, 3.63) is 41.7 Å². The van der Waals surface area contributed by atoms with Gasteiger partial charge >= 0.3 is 5.97 Å². The topological polar surface area (TPSA) is 55.8 Å². The first kappa shape index (κ1) is 22.5. The number of carbonyl (C=O) groups is 1. The minimum atomic E-state index is -0.342. The van der Waals surface area contributed by atoms with E-state index < -0.39 is 0 Å². The smallest absolute Gasteiger partial charge is 0.337 e. The van der Waals surface area contributed by atoms with Gasteiger partial charge in [-0.1, -0.05) is 39.8 Å². The summed E-state index contributed by atoms with van der Waals surface area (Å²) >= 11 is 0. The van der Waals surface area contributed by atoms with Crippen LogP contribution in [0.15, 0.2) is 30.5 Å². The summed E-state index contributed by atoms with van der Waals surface area (Å²) in [4.78, 5) is 11.2. The van der Waals surface area contributed by atoms with Crippen molar-refractivity contribution in [1.82, 2.24) is 0 Å². The van der Waals surface area contributed by atoms with E-state index in [2.05, 4.69) is 4.74 Å². The Morgan fingerprint density at radius 1 is 1.09 bits per heavy atom. The van der Waals surface area contributed by atoms with E-state index in [0.29, 0.717) is 12.2 Å². The number of hydrogen-bond acceptors (Lipinski definition) is 4. The Morgan fingerprint density at radius 2 is 1.68 bits per heavy atom. The normalized spacial score (nSPS) is 9.18. The fourth-order valence-electron chi connectivity index (χ4n) is 1.34. The number of carbonyl (C=O) groups excluding carboxylic acids is 1. The molecule has 22 heavy (non-hydrogen) atoms. The molecule has 0 atom stereocenters. The van der Waals surface area contributed by atoms with Crippen LogP contribution < -0.4 is 0 Å². The fourth-order valence-corrected chi connectivity index (χ4v) is 1.34. The Balaban J connectivity index is 0. The van der Waals surface area contributed by atoms with Crippen molar-refractivity contribution in [3.63, 3.8) is 0 Å². The number of hydrogen-bond donors (Lipinski definition) is 1. The van der Waals surface area contributed by atoms with Gasteiger partial charge in [0.2, 0.25) is 0 Å². The highest BCUT2D eigenvalue weighted by Gasteiger charge is 2.02. The lowest BCUT2D eigenvalue weighted by molar-refractivity contribution is 0.0600. The van der Waals surface area contributed by atoms with E-state index in [0.717, 1.165) is 18.4 Å². The number of aliphatic hydroxyl groups excluding tert-OH is 1. The van der Waals surface area contributed by atoms with Gasteiger partial charge in [0.05, 0.1) is 25.5 Å². The van der Waals surface area contributed by atoms with Gasteiger partial charge in [-0.05, 0) is 36.6 Å². The molecule has 1 rings (SSSR count). The lowest BCUT2D eigenvalue weighted by Gasteiger charge is -2.00. The van der Waals surface area contributed by atoms with E-state index in [9.17, 15) is 4.79 Å². The zero-order valence-corrected chi connectivity index (χ0v) is 14.5. The lowest BCUT2D eigenvalue weighted by Crippen LogP contribution is -2.00. The first-order chi connectivity index (χ1) is 10.8. The Hall–Kier alpha value is -1.81. The second-order valence-electron chi connectivity index (χ2n) is 3.72. The summed E-state index contributed by atoms with van der Waals surface area (Å²) < 4.78 is 9.87. The van der Waals surface area contributed by atoms with Crippen molar-refractivity contribution >= 4 is 12.0 Å². The molecule has 0 heterocycles. The highest BCUT2D eigenvalue weighted by atomic mass is 16.5. The van der Waals surface area contributed by atoms with Crippen LogP contribution in [0.4, 0.5) is 0 Å². The van der Waals surface area contributed by atoms with E-state index in [1.54, 1.807) is 18.4 Å². The molecule has 0 radical (unpaired) electrons. The van der Waals surface area contributed by atoms with Crippen LogP contribution in [-0.4, -0.2) is 31.4 Å². The van der Waals surface area contributed by atoms with Gasteiger partial charge in [0.15, 0.2) is 0 Å². The molecule has 0 amide bonds. The summed E-state index contributed by atoms with van der Waals surface area (Å²) in [5.74, 6) is -0.342. The summed E-state index contributed by atoms with van der Waals surface area (Å²) in [6.45, 7) is 8.79. The first-order valence-electron chi connectivity index (χ1n) is 7.85. The van der Waals surface area contributed by atoms with Gasteiger partial charge in [0.1, 0.15) is 0 Å². The molecule has 0 aliphatic carbocycles. The first-order valence-corrected chi connectivity index (χ1v) is 7.85. The Bertz CT molecular complexity index is 383. The van der Waals surface area contributed by atoms with Gasteiger partial charge in [-0.15, -0.1) is 0 Å². The third-order valence-corrected chi connectivity index (χ3v) is 2.36. The third kappa shape index (κ3) is 10.9. The van der Waals surface area contributed by atoms with Crippen LogP contribution in [0.2, 0.25) is 0 Å². The average molecular weight is 310 g/mol. The summed E-state index contributed by atoms with van der Waals surface area (Å²) in [7, 11) is 1.36. The Labute approximate surface area is 134 Å². The summed E-state index contributed by atoms with van der Waals surface area (Å²) in [5.41, 5.74) is 1.48. The Morgan fingerprint density at radius 3 is 2.18 bits per heavy atom. The van der Waals surface area contributed by atoms with Gasteiger partial charge in [0.25, 0.3) is 0 Å². The molecule has 1 aromatic carbocycles. The number of ether oxygens (including phenoxy) is 2. The van der Waals surface area contributed by atoms with Gasteiger partial charge in [0, 0.05) is 6.61 Å². The van der Waals surface area contributed by atoms with Crippen molar-refractivity contribution in [2.24, 2.45) is 0 Å². The second kappa shape index (κ2) is 17.2.